The lowest BCUT2D eigenvalue weighted by molar-refractivity contribution is 0.262. The molecule has 0 aliphatic rings. The number of urea groups is 1. The van der Waals surface area contributed by atoms with Crippen LogP contribution in [-0.2, 0) is 23.1 Å². The zero-order valence-electron chi connectivity index (χ0n) is 36.9. The van der Waals surface area contributed by atoms with Crippen LogP contribution in [0.1, 0.15) is 22.3 Å². The Hall–Kier alpha value is -9.44. The highest BCUT2D eigenvalue weighted by atomic mass is 32.2. The molecule has 340 valence electrons. The molecule has 2 heterocycles. The number of carbonyl (C=O) groups is 1. The van der Waals surface area contributed by atoms with E-state index in [1.165, 1.54) is 12.1 Å². The number of nitriles is 2. The van der Waals surface area contributed by atoms with Gasteiger partial charge in [0, 0.05) is 58.6 Å². The Labute approximate surface area is 397 Å². The average Bonchev–Trinajstić information content (AvgIpc) is 3.36. The molecular weight excluding hydrogens is 891 g/mol. The number of fused-ring (bicyclic) bond motifs is 2. The number of sulfone groups is 1. The predicted octanol–water partition coefficient (Wildman–Crippen LogP) is 11.6. The Morgan fingerprint density at radius 1 is 0.565 bits per heavy atom. The van der Waals surface area contributed by atoms with Gasteiger partial charge in [0.1, 0.15) is 59.8 Å². The van der Waals surface area contributed by atoms with E-state index in [2.05, 4.69) is 32.7 Å². The second kappa shape index (κ2) is 21.2. The topological polar surface area (TPSA) is 212 Å². The van der Waals surface area contributed by atoms with Gasteiger partial charge in [0.2, 0.25) is 0 Å². The lowest BCUT2D eigenvalue weighted by Crippen LogP contribution is -2.19. The number of nitrogens with one attached hydrogen (secondary N) is 2. The summed E-state index contributed by atoms with van der Waals surface area (Å²) in [5.41, 5.74) is 11.3. The molecule has 0 bridgehead atoms. The normalized spacial score (nSPS) is 10.7. The first kappa shape index (κ1) is 46.1. The zero-order valence-corrected chi connectivity index (χ0v) is 37.7. The molecular formula is C54H41N7O7S. The zero-order chi connectivity index (χ0) is 48.2. The molecule has 9 rings (SSSR count). The van der Waals surface area contributed by atoms with E-state index in [0.717, 1.165) is 22.8 Å². The number of anilines is 3. The summed E-state index contributed by atoms with van der Waals surface area (Å²) in [5, 5.41) is 26.0. The van der Waals surface area contributed by atoms with Gasteiger partial charge in [0.05, 0.1) is 27.1 Å². The Bertz CT molecular complexity index is 3470. The summed E-state index contributed by atoms with van der Waals surface area (Å²) in [5.74, 6) is 3.21. The number of rotatable bonds is 13. The fourth-order valence-corrected chi connectivity index (χ4v) is 7.52. The van der Waals surface area contributed by atoms with Gasteiger partial charge in [-0.15, -0.1) is 0 Å². The molecule has 9 aromatic rings. The molecule has 0 fully saturated rings. The van der Waals surface area contributed by atoms with Crippen LogP contribution in [0.4, 0.5) is 21.9 Å². The van der Waals surface area contributed by atoms with E-state index in [9.17, 15) is 23.7 Å². The largest absolute Gasteiger partial charge is 0.487 e. The van der Waals surface area contributed by atoms with Crippen LogP contribution >= 0.6 is 0 Å². The maximum atomic E-state index is 12.4. The molecule has 69 heavy (non-hydrogen) atoms. The van der Waals surface area contributed by atoms with E-state index in [0.29, 0.717) is 92.3 Å². The van der Waals surface area contributed by atoms with Crippen LogP contribution in [-0.4, -0.2) is 30.7 Å². The molecule has 15 heteroatoms. The van der Waals surface area contributed by atoms with E-state index < -0.39 is 15.9 Å². The Morgan fingerprint density at radius 3 is 1.52 bits per heavy atom. The van der Waals surface area contributed by atoms with E-state index in [1.807, 2.05) is 60.7 Å². The summed E-state index contributed by atoms with van der Waals surface area (Å²) >= 11 is 0. The number of aromatic nitrogens is 2. The van der Waals surface area contributed by atoms with Crippen LogP contribution in [0.3, 0.4) is 0 Å². The van der Waals surface area contributed by atoms with E-state index >= 15 is 0 Å². The molecule has 0 aliphatic carbocycles. The van der Waals surface area contributed by atoms with Gasteiger partial charge in [-0.2, -0.15) is 10.5 Å². The summed E-state index contributed by atoms with van der Waals surface area (Å²) < 4.78 is 47.4. The second-order valence-corrected chi connectivity index (χ2v) is 17.3. The van der Waals surface area contributed by atoms with Gasteiger partial charge in [-0.3, -0.25) is 9.97 Å². The van der Waals surface area contributed by atoms with Crippen molar-refractivity contribution in [2.24, 2.45) is 0 Å². The fraction of sp³-hybridized carbons (Fsp3) is 0.0556. The third-order valence-electron chi connectivity index (χ3n) is 10.3. The average molecular weight is 932 g/mol. The number of benzene rings is 7. The molecule has 2 aromatic heterocycles. The van der Waals surface area contributed by atoms with Crippen LogP contribution in [0.2, 0.25) is 0 Å². The first-order chi connectivity index (χ1) is 33.5. The monoisotopic (exact) mass is 931 g/mol. The highest BCUT2D eigenvalue weighted by Gasteiger charge is 2.15. The molecule has 0 saturated heterocycles. The lowest BCUT2D eigenvalue weighted by Gasteiger charge is -2.13. The van der Waals surface area contributed by atoms with E-state index in [-0.39, 0.29) is 4.90 Å². The summed E-state index contributed by atoms with van der Waals surface area (Å²) in [6.45, 7) is 0.700. The summed E-state index contributed by atoms with van der Waals surface area (Å²) in [6.07, 6.45) is 4.39. The molecule has 7 aromatic carbocycles. The van der Waals surface area contributed by atoms with Crippen molar-refractivity contribution in [3.05, 3.63) is 205 Å². The number of nitrogens with zero attached hydrogens (tertiary/aromatic N) is 4. The molecule has 2 amide bonds. The van der Waals surface area contributed by atoms with Crippen molar-refractivity contribution >= 4 is 54.7 Å². The van der Waals surface area contributed by atoms with Crippen LogP contribution in [0.5, 0.6) is 34.5 Å². The maximum absolute atomic E-state index is 12.4. The Morgan fingerprint density at radius 2 is 1.04 bits per heavy atom. The van der Waals surface area contributed by atoms with Gasteiger partial charge in [-0.1, -0.05) is 66.7 Å². The number of amides is 2. The van der Waals surface area contributed by atoms with Gasteiger partial charge in [-0.25, -0.2) is 13.2 Å². The molecule has 0 saturated carbocycles. The minimum absolute atomic E-state index is 0.110. The van der Waals surface area contributed by atoms with Crippen molar-refractivity contribution < 1.29 is 32.2 Å². The number of carbonyl (C=O) groups excluding carboxylic acids is 1. The second-order valence-electron chi connectivity index (χ2n) is 15.3. The minimum Gasteiger partial charge on any atom is -0.487 e. The fourth-order valence-electron chi connectivity index (χ4n) is 6.85. The number of hydrogen-bond acceptors (Lipinski definition) is 12. The number of ether oxygens (including phenoxy) is 4. The first-order valence-corrected chi connectivity index (χ1v) is 23.1. The number of nitrogen functional groups attached to an aromatic ring is 1. The van der Waals surface area contributed by atoms with Gasteiger partial charge < -0.3 is 35.3 Å². The van der Waals surface area contributed by atoms with Crippen LogP contribution in [0.25, 0.3) is 21.8 Å². The minimum atomic E-state index is -3.40. The molecule has 0 atom stereocenters. The molecule has 0 spiro atoms. The van der Waals surface area contributed by atoms with Gasteiger partial charge in [-0.05, 0) is 102 Å². The molecule has 4 N–H and O–H groups in total. The number of nitrogens with two attached hydrogens (primary N) is 1. The maximum Gasteiger partial charge on any atom is 0.323 e. The van der Waals surface area contributed by atoms with Crippen molar-refractivity contribution in [1.29, 1.82) is 10.5 Å². The quantitative estimate of drug-likeness (QED) is 0.0922. The first-order valence-electron chi connectivity index (χ1n) is 21.2. The molecule has 0 radical (unpaired) electrons. The SMILES string of the molecule is CS(=O)(=O)c1cccc(NC(=O)Nc2ccc(Oc3ccnc4cc(OCc5ccccc5)c(C#N)cc34)cc2)c1.N#Cc1cc2c(Oc3ccc(N)cc3)ccnc2cc1OCc1ccccc1. The van der Waals surface area contributed by atoms with E-state index in [4.69, 9.17) is 24.7 Å². The Kier molecular flexibility index (Phi) is 14.2. The highest BCUT2D eigenvalue weighted by molar-refractivity contribution is 7.90. The van der Waals surface area contributed by atoms with Crippen LogP contribution in [0, 0.1) is 22.7 Å². The van der Waals surface area contributed by atoms with Gasteiger partial charge in [0.15, 0.2) is 9.84 Å². The van der Waals surface area contributed by atoms with Gasteiger partial charge in [0.25, 0.3) is 0 Å². The third kappa shape index (κ3) is 12.1. The summed E-state index contributed by atoms with van der Waals surface area (Å²) in [6, 6.07) is 53.6. The standard InChI is InChI=1S/C31H24N4O5S.C23H17N3O2/c1-41(37,38)26-9-5-8-24(17-26)35-31(36)34-23-10-12-25(13-11-23)40-29-14-15-33-28-18-30(22(19-32)16-27(28)29)39-20-21-6-3-2-4-7-21;24-14-17-12-20-21(13-23(17)27-15-16-4-2-1-3-5-16)26-11-10-22(20)28-19-8-6-18(25)7-9-19/h2-18H,20H2,1H3,(H2,34,35,36);1-13H,15,25H2. The summed E-state index contributed by atoms with van der Waals surface area (Å²) in [7, 11) is -3.40. The smallest absolute Gasteiger partial charge is 0.323 e. The third-order valence-corrected chi connectivity index (χ3v) is 11.4. The van der Waals surface area contributed by atoms with Crippen molar-refractivity contribution in [1.82, 2.24) is 9.97 Å². The highest BCUT2D eigenvalue weighted by Crippen LogP contribution is 2.35. The van der Waals surface area contributed by atoms with Gasteiger partial charge >= 0.3 is 6.03 Å². The van der Waals surface area contributed by atoms with Crippen molar-refractivity contribution in [3.8, 4) is 46.6 Å². The van der Waals surface area contributed by atoms with Crippen molar-refractivity contribution in [2.45, 2.75) is 18.1 Å². The number of hydrogen-bond donors (Lipinski definition) is 3. The Balaban J connectivity index is 0.000000200. The van der Waals surface area contributed by atoms with E-state index in [1.54, 1.807) is 109 Å². The lowest BCUT2D eigenvalue weighted by atomic mass is 10.1. The predicted molar refractivity (Wildman–Crippen MR) is 264 cm³/mol. The van der Waals surface area contributed by atoms with Crippen molar-refractivity contribution in [3.63, 3.8) is 0 Å². The molecule has 0 aliphatic heterocycles. The van der Waals surface area contributed by atoms with Crippen LogP contribution < -0.4 is 35.3 Å². The van der Waals surface area contributed by atoms with Crippen LogP contribution in [0.15, 0.2) is 187 Å². The number of pyridine rings is 2. The molecule has 0 unspecified atom stereocenters. The summed E-state index contributed by atoms with van der Waals surface area (Å²) in [4.78, 5) is 21.4. The van der Waals surface area contributed by atoms with Crippen molar-refractivity contribution in [2.75, 3.05) is 22.6 Å². The molecule has 14 nitrogen and oxygen atoms in total.